The van der Waals surface area contributed by atoms with E-state index in [4.69, 9.17) is 37.4 Å². The molecule has 0 unspecified atom stereocenters. The number of carbonyl (C=O) groups is 1. The van der Waals surface area contributed by atoms with Gasteiger partial charge in [0.15, 0.2) is 11.5 Å². The summed E-state index contributed by atoms with van der Waals surface area (Å²) in [5.74, 6) is 0.291. The molecule has 1 heterocycles. The van der Waals surface area contributed by atoms with Crippen LogP contribution >= 0.6 is 23.2 Å². The maximum atomic E-state index is 12.9. The Balaban J connectivity index is 2.48. The zero-order chi connectivity index (χ0) is 16.4. The molecule has 122 valence electrons. The molecule has 1 aliphatic rings. The van der Waals surface area contributed by atoms with Gasteiger partial charge in [0.25, 0.3) is 5.91 Å². The molecule has 1 fully saturated rings. The van der Waals surface area contributed by atoms with E-state index in [0.717, 1.165) is 0 Å². The van der Waals surface area contributed by atoms with Gasteiger partial charge in [0.1, 0.15) is 5.56 Å². The molecule has 22 heavy (non-hydrogen) atoms. The van der Waals surface area contributed by atoms with Crippen LogP contribution in [-0.4, -0.2) is 50.3 Å². The molecule has 0 N–H and O–H groups in total. The molecule has 0 spiro atoms. The third kappa shape index (κ3) is 3.26. The van der Waals surface area contributed by atoms with E-state index in [-0.39, 0.29) is 45.2 Å². The number of ether oxygens (including phenoxy) is 3. The molecule has 1 aromatic rings. The van der Waals surface area contributed by atoms with Gasteiger partial charge < -0.3 is 19.1 Å². The molecule has 2 atom stereocenters. The van der Waals surface area contributed by atoms with Crippen LogP contribution < -0.4 is 9.47 Å². The largest absolute Gasteiger partial charge is 0.494 e. The van der Waals surface area contributed by atoms with E-state index >= 15 is 0 Å². The number of hydrogen-bond donors (Lipinski definition) is 0. The Morgan fingerprint density at radius 3 is 2.00 bits per heavy atom. The monoisotopic (exact) mass is 347 g/mol. The molecule has 1 aromatic carbocycles. The lowest BCUT2D eigenvalue weighted by Gasteiger charge is -2.35. The first kappa shape index (κ1) is 17.2. The summed E-state index contributed by atoms with van der Waals surface area (Å²) in [6.45, 7) is 4.82. The van der Waals surface area contributed by atoms with E-state index in [9.17, 15) is 4.79 Å². The Bertz CT molecular complexity index is 541. The summed E-state index contributed by atoms with van der Waals surface area (Å²) in [5, 5.41) is 0.539. The van der Waals surface area contributed by atoms with Crippen LogP contribution in [-0.2, 0) is 4.74 Å². The number of halogens is 2. The van der Waals surface area contributed by atoms with Gasteiger partial charge >= 0.3 is 0 Å². The Hall–Kier alpha value is -1.17. The molecule has 0 saturated carbocycles. The fourth-order valence-corrected chi connectivity index (χ4v) is 3.30. The molecular formula is C15H19Cl2NO4. The van der Waals surface area contributed by atoms with Crippen molar-refractivity contribution in [2.75, 3.05) is 27.3 Å². The number of morpholine rings is 1. The maximum absolute atomic E-state index is 12.9. The minimum Gasteiger partial charge on any atom is -0.494 e. The summed E-state index contributed by atoms with van der Waals surface area (Å²) in [5.41, 5.74) is 0.240. The summed E-state index contributed by atoms with van der Waals surface area (Å²) in [6, 6.07) is 1.50. The smallest absolute Gasteiger partial charge is 0.261 e. The number of methoxy groups -OCH3 is 2. The van der Waals surface area contributed by atoms with Crippen LogP contribution in [0, 0.1) is 0 Å². The lowest BCUT2D eigenvalue weighted by Crippen LogP contribution is -2.48. The standard InChI is InChI=1S/C15H19Cl2NO4/c1-8-6-18(7-9(2)22-8)15(19)12-13(20-3)10(16)5-11(17)14(12)21-4/h5,8-9H,6-7H2,1-4H3/t8-,9-/m0/s1. The molecule has 1 aliphatic heterocycles. The fourth-order valence-electron chi connectivity index (χ4n) is 2.68. The summed E-state index contributed by atoms with van der Waals surface area (Å²) in [6.07, 6.45) is -0.0845. The van der Waals surface area contributed by atoms with Gasteiger partial charge in [-0.15, -0.1) is 0 Å². The average molecular weight is 348 g/mol. The van der Waals surface area contributed by atoms with Crippen LogP contribution in [0.3, 0.4) is 0 Å². The lowest BCUT2D eigenvalue weighted by atomic mass is 10.1. The predicted octanol–water partition coefficient (Wildman–Crippen LogP) is 3.26. The average Bonchev–Trinajstić information content (AvgIpc) is 2.44. The fraction of sp³-hybridized carbons (Fsp3) is 0.533. The van der Waals surface area contributed by atoms with Gasteiger partial charge in [-0.1, -0.05) is 23.2 Å². The number of rotatable bonds is 3. The van der Waals surface area contributed by atoms with E-state index in [2.05, 4.69) is 0 Å². The molecule has 2 rings (SSSR count). The van der Waals surface area contributed by atoms with Gasteiger partial charge in [-0.05, 0) is 19.9 Å². The predicted molar refractivity (Wildman–Crippen MR) is 85.5 cm³/mol. The minimum absolute atomic E-state index is 0.0423. The second-order valence-corrected chi connectivity index (χ2v) is 6.06. The van der Waals surface area contributed by atoms with Crippen LogP contribution in [0.5, 0.6) is 11.5 Å². The normalized spacial score (nSPS) is 21.6. The molecule has 0 radical (unpaired) electrons. The third-order valence-electron chi connectivity index (χ3n) is 3.47. The molecule has 1 saturated heterocycles. The first-order valence-corrected chi connectivity index (χ1v) is 7.69. The third-order valence-corrected chi connectivity index (χ3v) is 4.03. The van der Waals surface area contributed by atoms with Crippen molar-refractivity contribution in [2.45, 2.75) is 26.1 Å². The molecule has 0 bridgehead atoms. The van der Waals surface area contributed by atoms with Gasteiger partial charge in [0, 0.05) is 13.1 Å². The Kier molecular flexibility index (Phi) is 5.42. The van der Waals surface area contributed by atoms with Crippen molar-refractivity contribution < 1.29 is 19.0 Å². The van der Waals surface area contributed by atoms with Crippen molar-refractivity contribution in [3.8, 4) is 11.5 Å². The minimum atomic E-state index is -0.236. The molecule has 0 aliphatic carbocycles. The summed E-state index contributed by atoms with van der Waals surface area (Å²) in [4.78, 5) is 14.6. The van der Waals surface area contributed by atoms with E-state index in [1.54, 1.807) is 4.90 Å². The highest BCUT2D eigenvalue weighted by Crippen LogP contribution is 2.41. The molecule has 5 nitrogen and oxygen atoms in total. The molecule has 1 amide bonds. The van der Waals surface area contributed by atoms with Crippen LogP contribution in [0.25, 0.3) is 0 Å². The zero-order valence-electron chi connectivity index (χ0n) is 13.0. The molecule has 0 aromatic heterocycles. The number of amides is 1. The van der Waals surface area contributed by atoms with E-state index in [1.807, 2.05) is 13.8 Å². The zero-order valence-corrected chi connectivity index (χ0v) is 14.5. The van der Waals surface area contributed by atoms with Crippen molar-refractivity contribution >= 4 is 29.1 Å². The van der Waals surface area contributed by atoms with Crippen molar-refractivity contribution in [3.63, 3.8) is 0 Å². The van der Waals surface area contributed by atoms with Gasteiger partial charge in [-0.3, -0.25) is 4.79 Å². The highest BCUT2D eigenvalue weighted by molar-refractivity contribution is 6.37. The second-order valence-electron chi connectivity index (χ2n) is 5.25. The van der Waals surface area contributed by atoms with Crippen molar-refractivity contribution in [3.05, 3.63) is 21.7 Å². The van der Waals surface area contributed by atoms with Crippen molar-refractivity contribution in [2.24, 2.45) is 0 Å². The van der Waals surface area contributed by atoms with Crippen molar-refractivity contribution in [1.29, 1.82) is 0 Å². The van der Waals surface area contributed by atoms with Gasteiger partial charge in [-0.25, -0.2) is 0 Å². The first-order valence-electron chi connectivity index (χ1n) is 6.93. The highest BCUT2D eigenvalue weighted by Gasteiger charge is 2.32. The highest BCUT2D eigenvalue weighted by atomic mass is 35.5. The maximum Gasteiger partial charge on any atom is 0.261 e. The Morgan fingerprint density at radius 1 is 1.14 bits per heavy atom. The van der Waals surface area contributed by atoms with E-state index in [1.165, 1.54) is 20.3 Å². The van der Waals surface area contributed by atoms with Crippen LogP contribution in [0.4, 0.5) is 0 Å². The number of benzene rings is 1. The molecule has 7 heteroatoms. The summed E-state index contributed by atoms with van der Waals surface area (Å²) < 4.78 is 16.2. The quantitative estimate of drug-likeness (QED) is 0.841. The van der Waals surface area contributed by atoms with Crippen molar-refractivity contribution in [1.82, 2.24) is 4.90 Å². The van der Waals surface area contributed by atoms with Crippen LogP contribution in [0.15, 0.2) is 6.07 Å². The summed E-state index contributed by atoms with van der Waals surface area (Å²) in [7, 11) is 2.91. The Morgan fingerprint density at radius 2 is 1.59 bits per heavy atom. The molecular weight excluding hydrogens is 329 g/mol. The van der Waals surface area contributed by atoms with Gasteiger partial charge in [0.05, 0.1) is 36.5 Å². The SMILES string of the molecule is COc1c(Cl)cc(Cl)c(OC)c1C(=O)N1C[C@H](C)O[C@@H](C)C1. The van der Waals surface area contributed by atoms with E-state index < -0.39 is 0 Å². The topological polar surface area (TPSA) is 48.0 Å². The first-order chi connectivity index (χ1) is 10.4. The number of hydrogen-bond acceptors (Lipinski definition) is 4. The number of nitrogens with zero attached hydrogens (tertiary/aromatic N) is 1. The second kappa shape index (κ2) is 6.94. The lowest BCUT2D eigenvalue weighted by molar-refractivity contribution is -0.0587. The summed E-state index contributed by atoms with van der Waals surface area (Å²) >= 11 is 12.3. The van der Waals surface area contributed by atoms with E-state index in [0.29, 0.717) is 13.1 Å². The van der Waals surface area contributed by atoms with Crippen LogP contribution in [0.2, 0.25) is 10.0 Å². The van der Waals surface area contributed by atoms with Crippen LogP contribution in [0.1, 0.15) is 24.2 Å². The Labute approximate surface area is 140 Å². The number of carbonyl (C=O) groups excluding carboxylic acids is 1. The van der Waals surface area contributed by atoms with Gasteiger partial charge in [0.2, 0.25) is 0 Å². The van der Waals surface area contributed by atoms with Gasteiger partial charge in [-0.2, -0.15) is 0 Å².